The number of hydrogen-bond acceptors (Lipinski definition) is 4. The fraction of sp³-hybridized carbons (Fsp3) is 0.211. The molecule has 8 heteroatoms. The molecule has 0 unspecified atom stereocenters. The van der Waals surface area contributed by atoms with E-state index >= 15 is 0 Å². The number of sulfonamides is 1. The summed E-state index contributed by atoms with van der Waals surface area (Å²) < 4.78 is 31.0. The highest BCUT2D eigenvalue weighted by atomic mass is 35.5. The van der Waals surface area contributed by atoms with Gasteiger partial charge in [0.25, 0.3) is 0 Å². The maximum absolute atomic E-state index is 12.6. The van der Waals surface area contributed by atoms with Crippen LogP contribution in [-0.2, 0) is 14.8 Å². The predicted molar refractivity (Wildman–Crippen MR) is 109 cm³/mol. The highest BCUT2D eigenvalue weighted by Gasteiger charge is 2.29. The molecule has 2 rings (SSSR count). The van der Waals surface area contributed by atoms with Crippen LogP contribution in [-0.4, -0.2) is 33.2 Å². The Kier molecular flexibility index (Phi) is 6.87. The van der Waals surface area contributed by atoms with E-state index in [1.165, 1.54) is 13.0 Å². The van der Waals surface area contributed by atoms with Crippen molar-refractivity contribution >= 4 is 38.9 Å². The third-order valence-electron chi connectivity index (χ3n) is 3.64. The molecule has 0 aromatic heterocycles. The second kappa shape index (κ2) is 8.92. The third kappa shape index (κ3) is 5.74. The summed E-state index contributed by atoms with van der Waals surface area (Å²) in [4.78, 5) is 12.6. The van der Waals surface area contributed by atoms with Gasteiger partial charge in [-0.1, -0.05) is 30.3 Å². The molecule has 0 fully saturated rings. The Morgan fingerprint density at radius 3 is 2.52 bits per heavy atom. The summed E-state index contributed by atoms with van der Waals surface area (Å²) in [5, 5.41) is 3.09. The Bertz CT molecular complexity index is 914. The minimum absolute atomic E-state index is 0.320. The Hall–Kier alpha value is -2.51. The highest BCUT2D eigenvalue weighted by molar-refractivity contribution is 7.92. The second-order valence-electron chi connectivity index (χ2n) is 5.83. The van der Waals surface area contributed by atoms with Crippen LogP contribution in [0, 0.1) is 0 Å². The zero-order valence-electron chi connectivity index (χ0n) is 15.1. The van der Waals surface area contributed by atoms with Gasteiger partial charge in [0.1, 0.15) is 18.4 Å². The summed E-state index contributed by atoms with van der Waals surface area (Å²) >= 11 is 5.96. The first kappa shape index (κ1) is 20.8. The summed E-state index contributed by atoms with van der Waals surface area (Å²) in [5.41, 5.74) is 0.846. The smallest absolute Gasteiger partial charge is 0.247 e. The molecular formula is C19H21ClN2O4S. The molecule has 0 aliphatic rings. The molecule has 0 saturated carbocycles. The first-order valence-electron chi connectivity index (χ1n) is 8.12. The minimum Gasteiger partial charge on any atom is -0.490 e. The number of nitrogens with one attached hydrogen (secondary N) is 1. The number of benzene rings is 2. The lowest BCUT2D eigenvalue weighted by molar-refractivity contribution is -0.116. The maximum Gasteiger partial charge on any atom is 0.247 e. The van der Waals surface area contributed by atoms with Gasteiger partial charge in [0.2, 0.25) is 15.9 Å². The van der Waals surface area contributed by atoms with Gasteiger partial charge in [-0.25, -0.2) is 8.42 Å². The first-order chi connectivity index (χ1) is 12.7. The summed E-state index contributed by atoms with van der Waals surface area (Å²) in [7, 11) is -3.70. The van der Waals surface area contributed by atoms with Crippen molar-refractivity contribution in [3.05, 3.63) is 66.2 Å². The van der Waals surface area contributed by atoms with Crippen molar-refractivity contribution in [2.24, 2.45) is 0 Å². The molecule has 6 nitrogen and oxygen atoms in total. The standard InChI is InChI=1S/C19H21ClN2O4S/c1-4-12-26-18-10-8-16(9-11-18)21-19(23)14(2)22(27(3,24)25)17-7-5-6-15(20)13-17/h4-11,13-14H,1,12H2,2-3H3,(H,21,23)/t14-/m1/s1. The molecule has 1 N–H and O–H groups in total. The lowest BCUT2D eigenvalue weighted by Gasteiger charge is -2.28. The molecular weight excluding hydrogens is 388 g/mol. The van der Waals surface area contributed by atoms with Crippen LogP contribution in [0.5, 0.6) is 5.75 Å². The van der Waals surface area contributed by atoms with Crippen LogP contribution in [0.4, 0.5) is 11.4 Å². The van der Waals surface area contributed by atoms with Crippen molar-refractivity contribution in [2.75, 3.05) is 22.5 Å². The van der Waals surface area contributed by atoms with E-state index in [4.69, 9.17) is 16.3 Å². The highest BCUT2D eigenvalue weighted by Crippen LogP contribution is 2.25. The summed E-state index contributed by atoms with van der Waals surface area (Å²) in [6, 6.07) is 12.1. The lowest BCUT2D eigenvalue weighted by atomic mass is 10.2. The Balaban J connectivity index is 2.19. The number of rotatable bonds is 8. The zero-order valence-corrected chi connectivity index (χ0v) is 16.6. The molecule has 0 spiro atoms. The minimum atomic E-state index is -3.70. The Morgan fingerprint density at radius 1 is 1.30 bits per heavy atom. The molecule has 2 aromatic rings. The van der Waals surface area contributed by atoms with Gasteiger partial charge in [0, 0.05) is 10.7 Å². The van der Waals surface area contributed by atoms with E-state index in [0.29, 0.717) is 28.8 Å². The van der Waals surface area contributed by atoms with Crippen molar-refractivity contribution in [3.63, 3.8) is 0 Å². The van der Waals surface area contributed by atoms with Crippen LogP contribution in [0.15, 0.2) is 61.2 Å². The van der Waals surface area contributed by atoms with Crippen molar-refractivity contribution in [3.8, 4) is 5.75 Å². The number of carbonyl (C=O) groups is 1. The third-order valence-corrected chi connectivity index (χ3v) is 5.12. The van der Waals surface area contributed by atoms with Crippen LogP contribution in [0.1, 0.15) is 6.92 Å². The maximum atomic E-state index is 12.6. The van der Waals surface area contributed by atoms with Crippen molar-refractivity contribution in [1.82, 2.24) is 0 Å². The monoisotopic (exact) mass is 408 g/mol. The molecule has 1 atom stereocenters. The van der Waals surface area contributed by atoms with Gasteiger partial charge in [0.15, 0.2) is 0 Å². The van der Waals surface area contributed by atoms with E-state index in [1.54, 1.807) is 48.5 Å². The topological polar surface area (TPSA) is 75.7 Å². The Morgan fingerprint density at radius 2 is 1.96 bits per heavy atom. The molecule has 0 bridgehead atoms. The van der Waals surface area contributed by atoms with Crippen molar-refractivity contribution < 1.29 is 17.9 Å². The average Bonchev–Trinajstić information content (AvgIpc) is 2.60. The first-order valence-corrected chi connectivity index (χ1v) is 10.3. The summed E-state index contributed by atoms with van der Waals surface area (Å²) in [5.74, 6) is 0.165. The number of carbonyl (C=O) groups excluding carboxylic acids is 1. The van der Waals surface area contributed by atoms with Crippen molar-refractivity contribution in [2.45, 2.75) is 13.0 Å². The van der Waals surface area contributed by atoms with E-state index in [9.17, 15) is 13.2 Å². The number of hydrogen-bond donors (Lipinski definition) is 1. The normalized spacial score (nSPS) is 12.1. The van der Waals surface area contributed by atoms with Crippen molar-refractivity contribution in [1.29, 1.82) is 0 Å². The molecule has 0 saturated heterocycles. The number of nitrogens with zero attached hydrogens (tertiary/aromatic N) is 1. The average molecular weight is 409 g/mol. The molecule has 0 aliphatic carbocycles. The molecule has 27 heavy (non-hydrogen) atoms. The molecule has 144 valence electrons. The van der Waals surface area contributed by atoms with Gasteiger partial charge in [-0.05, 0) is 49.4 Å². The predicted octanol–water partition coefficient (Wildman–Crippen LogP) is 3.70. The van der Waals surface area contributed by atoms with Gasteiger partial charge in [-0.2, -0.15) is 0 Å². The van der Waals surface area contributed by atoms with Crippen LogP contribution in [0.3, 0.4) is 0 Å². The Labute approximate surface area is 164 Å². The second-order valence-corrected chi connectivity index (χ2v) is 8.12. The van der Waals surface area contributed by atoms with E-state index in [-0.39, 0.29) is 0 Å². The van der Waals surface area contributed by atoms with E-state index in [1.807, 2.05) is 0 Å². The fourth-order valence-electron chi connectivity index (χ4n) is 2.46. The molecule has 0 heterocycles. The largest absolute Gasteiger partial charge is 0.490 e. The van der Waals surface area contributed by atoms with Crippen LogP contribution in [0.2, 0.25) is 5.02 Å². The molecule has 1 amide bonds. The summed E-state index contributed by atoms with van der Waals surface area (Å²) in [6.45, 7) is 5.47. The van der Waals surface area contributed by atoms with E-state index in [2.05, 4.69) is 11.9 Å². The van der Waals surface area contributed by atoms with Crippen LogP contribution in [0.25, 0.3) is 0 Å². The number of amides is 1. The molecule has 2 aromatic carbocycles. The quantitative estimate of drug-likeness (QED) is 0.676. The lowest BCUT2D eigenvalue weighted by Crippen LogP contribution is -2.45. The number of ether oxygens (including phenoxy) is 1. The number of halogens is 1. The van der Waals surface area contributed by atoms with Gasteiger partial charge in [-0.3, -0.25) is 9.10 Å². The van der Waals surface area contributed by atoms with E-state index < -0.39 is 22.0 Å². The SMILES string of the molecule is C=CCOc1ccc(NC(=O)[C@@H](C)N(c2cccc(Cl)c2)S(C)(=O)=O)cc1. The zero-order chi connectivity index (χ0) is 20.0. The molecule has 0 aliphatic heterocycles. The molecule has 0 radical (unpaired) electrons. The fourth-order valence-corrected chi connectivity index (χ4v) is 3.81. The number of anilines is 2. The van der Waals surface area contributed by atoms with Gasteiger partial charge in [-0.15, -0.1) is 0 Å². The van der Waals surface area contributed by atoms with Gasteiger partial charge < -0.3 is 10.1 Å². The summed E-state index contributed by atoms with van der Waals surface area (Å²) in [6.07, 6.45) is 2.68. The van der Waals surface area contributed by atoms with Gasteiger partial charge in [0.05, 0.1) is 11.9 Å². The van der Waals surface area contributed by atoms with Gasteiger partial charge >= 0.3 is 0 Å². The van der Waals surface area contributed by atoms with Crippen LogP contribution < -0.4 is 14.4 Å². The van der Waals surface area contributed by atoms with E-state index in [0.717, 1.165) is 10.6 Å². The van der Waals surface area contributed by atoms with Crippen LogP contribution >= 0.6 is 11.6 Å².